The van der Waals surface area contributed by atoms with Crippen LogP contribution in [0.5, 0.6) is 0 Å². The third-order valence-corrected chi connectivity index (χ3v) is 1.76. The summed E-state index contributed by atoms with van der Waals surface area (Å²) in [6.07, 6.45) is 4.36. The molecule has 0 bridgehead atoms. The summed E-state index contributed by atoms with van der Waals surface area (Å²) >= 11 is 0. The minimum Gasteiger partial charge on any atom is -0.384 e. The van der Waals surface area contributed by atoms with Crippen molar-refractivity contribution in [2.75, 3.05) is 19.6 Å². The zero-order valence-corrected chi connectivity index (χ0v) is 5.28. The molecule has 0 fully saturated rings. The lowest BCUT2D eigenvalue weighted by molar-refractivity contribution is 0.811. The van der Waals surface area contributed by atoms with Gasteiger partial charge in [-0.3, -0.25) is 0 Å². The van der Waals surface area contributed by atoms with Crippen molar-refractivity contribution in [3.63, 3.8) is 0 Å². The van der Waals surface area contributed by atoms with Crippen LogP contribution in [0.3, 0.4) is 0 Å². The third-order valence-electron chi connectivity index (χ3n) is 1.76. The van der Waals surface area contributed by atoms with E-state index < -0.39 is 0 Å². The third kappa shape index (κ3) is 0.754. The topological polar surface area (TPSA) is 24.1 Å². The van der Waals surface area contributed by atoms with Gasteiger partial charge in [-0.2, -0.15) is 0 Å². The van der Waals surface area contributed by atoms with Crippen molar-refractivity contribution in [3.8, 4) is 0 Å². The minimum atomic E-state index is 1.00. The van der Waals surface area contributed by atoms with Crippen molar-refractivity contribution < 1.29 is 0 Å². The summed E-state index contributed by atoms with van der Waals surface area (Å²) in [7, 11) is 0. The summed E-state index contributed by atoms with van der Waals surface area (Å²) in [6, 6.07) is 0. The Balaban J connectivity index is 2.28. The van der Waals surface area contributed by atoms with E-state index in [1.54, 1.807) is 0 Å². The first-order valence-corrected chi connectivity index (χ1v) is 3.30. The van der Waals surface area contributed by atoms with Crippen molar-refractivity contribution in [3.05, 3.63) is 23.4 Å². The molecule has 2 heteroatoms. The Morgan fingerprint density at radius 2 is 2.33 bits per heavy atom. The largest absolute Gasteiger partial charge is 0.384 e. The van der Waals surface area contributed by atoms with Crippen LogP contribution in [-0.4, -0.2) is 19.6 Å². The molecule has 0 aromatic carbocycles. The summed E-state index contributed by atoms with van der Waals surface area (Å²) in [5.74, 6) is 0. The molecule has 9 heavy (non-hydrogen) atoms. The van der Waals surface area contributed by atoms with Crippen LogP contribution in [-0.2, 0) is 0 Å². The average molecular weight is 122 g/mol. The predicted molar refractivity (Wildman–Crippen MR) is 37.0 cm³/mol. The van der Waals surface area contributed by atoms with Gasteiger partial charge in [-0.05, 0) is 5.57 Å². The van der Waals surface area contributed by atoms with Crippen molar-refractivity contribution in [1.29, 1.82) is 0 Å². The number of nitrogens with one attached hydrogen (secondary N) is 2. The number of hydrogen-bond donors (Lipinski definition) is 2. The van der Waals surface area contributed by atoms with E-state index >= 15 is 0 Å². The predicted octanol–water partition coefficient (Wildman–Crippen LogP) is 0.00310. The maximum absolute atomic E-state index is 3.31. The molecule has 2 aliphatic heterocycles. The first kappa shape index (κ1) is 5.06. The van der Waals surface area contributed by atoms with Gasteiger partial charge in [0.2, 0.25) is 0 Å². The Morgan fingerprint density at radius 1 is 1.33 bits per heavy atom. The fourth-order valence-electron chi connectivity index (χ4n) is 1.26. The Kier molecular flexibility index (Phi) is 1.06. The second-order valence-electron chi connectivity index (χ2n) is 2.39. The Morgan fingerprint density at radius 3 is 3.22 bits per heavy atom. The molecule has 0 saturated carbocycles. The highest BCUT2D eigenvalue weighted by Gasteiger charge is 2.12. The Labute approximate surface area is 54.6 Å². The highest BCUT2D eigenvalue weighted by atomic mass is 15.0. The van der Waals surface area contributed by atoms with Gasteiger partial charge in [0, 0.05) is 25.3 Å². The lowest BCUT2D eigenvalue weighted by Gasteiger charge is -2.08. The highest BCUT2D eigenvalue weighted by molar-refractivity contribution is 5.34. The molecule has 0 spiro atoms. The van der Waals surface area contributed by atoms with Crippen LogP contribution >= 0.6 is 0 Å². The SMILES string of the molecule is C1=CC2=C(CNC2)NC1. The Bertz CT molecular complexity index is 179. The maximum atomic E-state index is 3.31. The Hall–Kier alpha value is -0.760. The van der Waals surface area contributed by atoms with Gasteiger partial charge in [0.05, 0.1) is 0 Å². The minimum absolute atomic E-state index is 1.00. The fraction of sp³-hybridized carbons (Fsp3) is 0.429. The van der Waals surface area contributed by atoms with E-state index in [0.29, 0.717) is 0 Å². The van der Waals surface area contributed by atoms with Crippen LogP contribution in [0.25, 0.3) is 0 Å². The molecule has 0 aliphatic carbocycles. The summed E-state index contributed by atoms with van der Waals surface area (Å²) in [5.41, 5.74) is 2.82. The van der Waals surface area contributed by atoms with Crippen LogP contribution in [0.2, 0.25) is 0 Å². The van der Waals surface area contributed by atoms with Crippen LogP contribution < -0.4 is 10.6 Å². The van der Waals surface area contributed by atoms with E-state index in [0.717, 1.165) is 19.6 Å². The van der Waals surface area contributed by atoms with E-state index in [1.807, 2.05) is 0 Å². The van der Waals surface area contributed by atoms with Crippen LogP contribution in [0.15, 0.2) is 23.4 Å². The normalized spacial score (nSPS) is 24.0. The van der Waals surface area contributed by atoms with Gasteiger partial charge < -0.3 is 10.6 Å². The van der Waals surface area contributed by atoms with Gasteiger partial charge in [-0.1, -0.05) is 12.2 Å². The lowest BCUT2D eigenvalue weighted by atomic mass is 10.2. The van der Waals surface area contributed by atoms with Gasteiger partial charge in [0.25, 0.3) is 0 Å². The molecule has 2 rings (SSSR count). The van der Waals surface area contributed by atoms with Gasteiger partial charge in [-0.25, -0.2) is 0 Å². The van der Waals surface area contributed by atoms with E-state index in [-0.39, 0.29) is 0 Å². The van der Waals surface area contributed by atoms with Crippen molar-refractivity contribution in [2.45, 2.75) is 0 Å². The number of rotatable bonds is 0. The molecular weight excluding hydrogens is 112 g/mol. The van der Waals surface area contributed by atoms with E-state index in [4.69, 9.17) is 0 Å². The maximum Gasteiger partial charge on any atom is 0.0360 e. The fourth-order valence-corrected chi connectivity index (χ4v) is 1.26. The molecule has 0 saturated heterocycles. The molecule has 2 aliphatic rings. The highest BCUT2D eigenvalue weighted by Crippen LogP contribution is 2.10. The molecule has 2 heterocycles. The molecule has 2 N–H and O–H groups in total. The molecule has 48 valence electrons. The average Bonchev–Trinajstić information content (AvgIpc) is 2.33. The molecular formula is C7H10N2. The summed E-state index contributed by atoms with van der Waals surface area (Å²) in [6.45, 7) is 3.07. The quantitative estimate of drug-likeness (QED) is 0.472. The van der Waals surface area contributed by atoms with Crippen molar-refractivity contribution >= 4 is 0 Å². The molecule has 0 aromatic heterocycles. The van der Waals surface area contributed by atoms with E-state index in [1.165, 1.54) is 11.3 Å². The van der Waals surface area contributed by atoms with E-state index in [9.17, 15) is 0 Å². The van der Waals surface area contributed by atoms with Gasteiger partial charge >= 0.3 is 0 Å². The van der Waals surface area contributed by atoms with Crippen molar-refractivity contribution in [2.24, 2.45) is 0 Å². The van der Waals surface area contributed by atoms with Crippen LogP contribution in [0.1, 0.15) is 0 Å². The zero-order valence-electron chi connectivity index (χ0n) is 5.28. The number of hydrogen-bond acceptors (Lipinski definition) is 2. The van der Waals surface area contributed by atoms with Crippen molar-refractivity contribution in [1.82, 2.24) is 10.6 Å². The molecule has 0 unspecified atom stereocenters. The second kappa shape index (κ2) is 1.88. The van der Waals surface area contributed by atoms with Crippen LogP contribution in [0.4, 0.5) is 0 Å². The zero-order chi connectivity index (χ0) is 6.10. The first-order valence-electron chi connectivity index (χ1n) is 3.30. The molecule has 2 nitrogen and oxygen atoms in total. The van der Waals surface area contributed by atoms with Gasteiger partial charge in [0.15, 0.2) is 0 Å². The van der Waals surface area contributed by atoms with Gasteiger partial charge in [0.1, 0.15) is 0 Å². The molecule has 0 aromatic rings. The summed E-state index contributed by atoms with van der Waals surface area (Å²) in [5, 5.41) is 6.59. The first-order chi connectivity index (χ1) is 4.47. The monoisotopic (exact) mass is 122 g/mol. The number of dihydropyridines is 1. The summed E-state index contributed by atoms with van der Waals surface area (Å²) < 4.78 is 0. The summed E-state index contributed by atoms with van der Waals surface area (Å²) in [4.78, 5) is 0. The van der Waals surface area contributed by atoms with Crippen LogP contribution in [0, 0.1) is 0 Å². The van der Waals surface area contributed by atoms with E-state index in [2.05, 4.69) is 22.8 Å². The lowest BCUT2D eigenvalue weighted by Crippen LogP contribution is -2.19. The smallest absolute Gasteiger partial charge is 0.0360 e. The molecule has 0 atom stereocenters. The molecule has 0 amide bonds. The second-order valence-corrected chi connectivity index (χ2v) is 2.39. The standard InChI is InChI=1S/C7H10N2/c1-2-6-4-8-5-7(6)9-3-1/h1-2,8-9H,3-5H2. The van der Waals surface area contributed by atoms with Gasteiger partial charge in [-0.15, -0.1) is 0 Å². The molecule has 0 radical (unpaired) electrons.